The predicted molar refractivity (Wildman–Crippen MR) is 100 cm³/mol. The third kappa shape index (κ3) is 5.31. The second kappa shape index (κ2) is 9.38. The molecule has 0 fully saturated rings. The zero-order valence-corrected chi connectivity index (χ0v) is 15.5. The minimum absolute atomic E-state index is 0.124. The number of hydrogen-bond donors (Lipinski definition) is 0. The third-order valence-corrected chi connectivity index (χ3v) is 3.93. The largest absolute Gasteiger partial charge is 0.465 e. The topological polar surface area (TPSA) is 76.2 Å². The maximum Gasteiger partial charge on any atom is 0.410 e. The van der Waals surface area contributed by atoms with Crippen molar-refractivity contribution in [2.45, 2.75) is 6.61 Å². The van der Waals surface area contributed by atoms with Gasteiger partial charge in [0.05, 0.1) is 18.4 Å². The summed E-state index contributed by atoms with van der Waals surface area (Å²) >= 11 is 0. The molecule has 0 N–H and O–H groups in total. The first-order valence-corrected chi connectivity index (χ1v) is 8.29. The van der Waals surface area contributed by atoms with Gasteiger partial charge < -0.3 is 19.3 Å². The highest BCUT2D eigenvalue weighted by atomic mass is 16.6. The van der Waals surface area contributed by atoms with Crippen LogP contribution in [0.25, 0.3) is 0 Å². The van der Waals surface area contributed by atoms with Crippen LogP contribution in [0.5, 0.6) is 0 Å². The lowest BCUT2D eigenvalue weighted by Crippen LogP contribution is -2.40. The van der Waals surface area contributed by atoms with Gasteiger partial charge in [0.2, 0.25) is 5.91 Å². The molecule has 0 aliphatic rings. The number of anilines is 1. The maximum atomic E-state index is 12.5. The van der Waals surface area contributed by atoms with Crippen molar-refractivity contribution in [3.8, 4) is 0 Å². The van der Waals surface area contributed by atoms with E-state index in [1.807, 2.05) is 30.3 Å². The van der Waals surface area contributed by atoms with Crippen LogP contribution in [-0.2, 0) is 20.9 Å². The Morgan fingerprint density at radius 2 is 1.56 bits per heavy atom. The fourth-order valence-corrected chi connectivity index (χ4v) is 2.39. The molecule has 2 amide bonds. The summed E-state index contributed by atoms with van der Waals surface area (Å²) in [6.07, 6.45) is -0.609. The molecule has 27 heavy (non-hydrogen) atoms. The Morgan fingerprint density at radius 1 is 0.926 bits per heavy atom. The second-order valence-electron chi connectivity index (χ2n) is 5.86. The summed E-state index contributed by atoms with van der Waals surface area (Å²) in [6, 6.07) is 15.9. The molecule has 0 heterocycles. The number of esters is 1. The van der Waals surface area contributed by atoms with Gasteiger partial charge in [-0.3, -0.25) is 4.79 Å². The number of nitrogens with zero attached hydrogens (tertiary/aromatic N) is 2. The minimum Gasteiger partial charge on any atom is -0.465 e. The number of carbonyl (C=O) groups excluding carboxylic acids is 3. The standard InChI is InChI=1S/C20H22N2O5/c1-21(20(25)27-14-15-9-5-4-6-10-15)13-18(23)22(2)17-12-8-7-11-16(17)19(24)26-3/h4-12H,13-14H2,1-3H3. The van der Waals surface area contributed by atoms with E-state index in [0.29, 0.717) is 5.69 Å². The van der Waals surface area contributed by atoms with E-state index in [0.717, 1.165) is 5.56 Å². The summed E-state index contributed by atoms with van der Waals surface area (Å²) in [7, 11) is 4.29. The fourth-order valence-electron chi connectivity index (χ4n) is 2.39. The number of methoxy groups -OCH3 is 1. The molecular formula is C20H22N2O5. The number of ether oxygens (including phenoxy) is 2. The van der Waals surface area contributed by atoms with Crippen molar-refractivity contribution >= 4 is 23.7 Å². The van der Waals surface area contributed by atoms with Crippen LogP contribution in [0.4, 0.5) is 10.5 Å². The molecule has 7 nitrogen and oxygen atoms in total. The van der Waals surface area contributed by atoms with Crippen molar-refractivity contribution in [3.63, 3.8) is 0 Å². The lowest BCUT2D eigenvalue weighted by molar-refractivity contribution is -0.119. The molecule has 0 saturated heterocycles. The molecule has 142 valence electrons. The van der Waals surface area contributed by atoms with Crippen molar-refractivity contribution in [1.82, 2.24) is 4.90 Å². The summed E-state index contributed by atoms with van der Waals surface area (Å²) in [5.41, 5.74) is 1.53. The average Bonchev–Trinajstić information content (AvgIpc) is 2.71. The van der Waals surface area contributed by atoms with Crippen molar-refractivity contribution in [3.05, 3.63) is 65.7 Å². The number of rotatable bonds is 6. The number of carbonyl (C=O) groups is 3. The first kappa shape index (κ1) is 20.0. The molecule has 0 saturated carbocycles. The van der Waals surface area contributed by atoms with Crippen LogP contribution in [0.3, 0.4) is 0 Å². The average molecular weight is 370 g/mol. The van der Waals surface area contributed by atoms with Crippen LogP contribution in [0.1, 0.15) is 15.9 Å². The van der Waals surface area contributed by atoms with Crippen LogP contribution in [0, 0.1) is 0 Å². The van der Waals surface area contributed by atoms with Crippen molar-refractivity contribution in [2.75, 3.05) is 32.6 Å². The highest BCUT2D eigenvalue weighted by Crippen LogP contribution is 2.20. The maximum absolute atomic E-state index is 12.5. The van der Waals surface area contributed by atoms with Crippen molar-refractivity contribution in [2.24, 2.45) is 0 Å². The Labute approximate surface area is 158 Å². The lowest BCUT2D eigenvalue weighted by Gasteiger charge is -2.23. The summed E-state index contributed by atoms with van der Waals surface area (Å²) in [4.78, 5) is 39.0. The van der Waals surface area contributed by atoms with Gasteiger partial charge in [0.15, 0.2) is 0 Å². The van der Waals surface area contributed by atoms with Gasteiger partial charge in [0.25, 0.3) is 0 Å². The van der Waals surface area contributed by atoms with E-state index < -0.39 is 12.1 Å². The minimum atomic E-state index is -0.609. The van der Waals surface area contributed by atoms with Gasteiger partial charge >= 0.3 is 12.1 Å². The first-order valence-electron chi connectivity index (χ1n) is 8.29. The smallest absolute Gasteiger partial charge is 0.410 e. The van der Waals surface area contributed by atoms with E-state index >= 15 is 0 Å². The number of benzene rings is 2. The number of amides is 2. The molecule has 0 aromatic heterocycles. The molecule has 0 aliphatic heterocycles. The zero-order chi connectivity index (χ0) is 19.8. The highest BCUT2D eigenvalue weighted by molar-refractivity contribution is 6.03. The van der Waals surface area contributed by atoms with Crippen LogP contribution in [-0.4, -0.2) is 50.6 Å². The SMILES string of the molecule is COC(=O)c1ccccc1N(C)C(=O)CN(C)C(=O)OCc1ccccc1. The van der Waals surface area contributed by atoms with Gasteiger partial charge in [-0.15, -0.1) is 0 Å². The molecule has 2 rings (SSSR count). The van der Waals surface area contributed by atoms with Gasteiger partial charge in [-0.05, 0) is 17.7 Å². The van der Waals surface area contributed by atoms with E-state index in [1.54, 1.807) is 24.3 Å². The Balaban J connectivity index is 1.97. The molecular weight excluding hydrogens is 348 g/mol. The van der Waals surface area contributed by atoms with E-state index in [-0.39, 0.29) is 24.6 Å². The van der Waals surface area contributed by atoms with Crippen molar-refractivity contribution < 1.29 is 23.9 Å². The molecule has 0 radical (unpaired) electrons. The monoisotopic (exact) mass is 370 g/mol. The fraction of sp³-hybridized carbons (Fsp3) is 0.250. The van der Waals surface area contributed by atoms with Gasteiger partial charge in [0.1, 0.15) is 13.2 Å². The van der Waals surface area contributed by atoms with Gasteiger partial charge in [-0.1, -0.05) is 42.5 Å². The Hall–Kier alpha value is -3.35. The van der Waals surface area contributed by atoms with Gasteiger partial charge in [-0.2, -0.15) is 0 Å². The predicted octanol–water partition coefficient (Wildman–Crippen LogP) is 2.70. The van der Waals surface area contributed by atoms with Crippen LogP contribution in [0.15, 0.2) is 54.6 Å². The third-order valence-electron chi connectivity index (χ3n) is 3.93. The molecule has 0 aliphatic carbocycles. The zero-order valence-electron chi connectivity index (χ0n) is 15.5. The number of para-hydroxylation sites is 1. The van der Waals surface area contributed by atoms with Crippen LogP contribution < -0.4 is 4.90 Å². The molecule has 2 aromatic rings. The van der Waals surface area contributed by atoms with Crippen LogP contribution in [0.2, 0.25) is 0 Å². The number of likely N-dealkylation sites (N-methyl/N-ethyl adjacent to an activating group) is 2. The lowest BCUT2D eigenvalue weighted by atomic mass is 10.1. The van der Waals surface area contributed by atoms with E-state index in [2.05, 4.69) is 0 Å². The molecule has 0 unspecified atom stereocenters. The van der Waals surface area contributed by atoms with Gasteiger partial charge in [0, 0.05) is 14.1 Å². The molecule has 7 heteroatoms. The summed E-state index contributed by atoms with van der Waals surface area (Å²) in [5.74, 6) is -0.911. The highest BCUT2D eigenvalue weighted by Gasteiger charge is 2.21. The Morgan fingerprint density at radius 3 is 2.22 bits per heavy atom. The normalized spacial score (nSPS) is 10.0. The summed E-state index contributed by atoms with van der Waals surface area (Å²) < 4.78 is 9.94. The Bertz CT molecular complexity index is 807. The van der Waals surface area contributed by atoms with E-state index in [9.17, 15) is 14.4 Å². The molecule has 0 bridgehead atoms. The second-order valence-corrected chi connectivity index (χ2v) is 5.86. The molecule has 2 aromatic carbocycles. The Kier molecular flexibility index (Phi) is 6.93. The molecule has 0 atom stereocenters. The van der Waals surface area contributed by atoms with Crippen LogP contribution >= 0.6 is 0 Å². The summed E-state index contributed by atoms with van der Waals surface area (Å²) in [6.45, 7) is -0.0706. The molecule has 0 spiro atoms. The first-order chi connectivity index (χ1) is 12.9. The van der Waals surface area contributed by atoms with E-state index in [4.69, 9.17) is 9.47 Å². The summed E-state index contributed by atoms with van der Waals surface area (Å²) in [5, 5.41) is 0. The van der Waals surface area contributed by atoms with E-state index in [1.165, 1.54) is 31.0 Å². The van der Waals surface area contributed by atoms with Gasteiger partial charge in [-0.25, -0.2) is 9.59 Å². The quantitative estimate of drug-likeness (QED) is 0.731. The van der Waals surface area contributed by atoms with Crippen molar-refractivity contribution in [1.29, 1.82) is 0 Å². The number of hydrogen-bond acceptors (Lipinski definition) is 5.